The molecule has 0 bridgehead atoms. The Bertz CT molecular complexity index is 288. The van der Waals surface area contributed by atoms with Crippen molar-refractivity contribution in [3.05, 3.63) is 15.5 Å². The summed E-state index contributed by atoms with van der Waals surface area (Å²) in [6.07, 6.45) is 1.81. The van der Waals surface area contributed by atoms with Crippen molar-refractivity contribution in [3.8, 4) is 0 Å². The fourth-order valence-corrected chi connectivity index (χ4v) is 2.17. The maximum absolute atomic E-state index is 10.5. The van der Waals surface area contributed by atoms with E-state index in [1.807, 2.05) is 0 Å². The molecule has 1 amide bonds. The van der Waals surface area contributed by atoms with Gasteiger partial charge in [0.25, 0.3) is 0 Å². The number of carbonyl (C=O) groups excluding carboxylic acids is 1. The van der Waals surface area contributed by atoms with Crippen molar-refractivity contribution in [3.63, 3.8) is 0 Å². The molecule has 0 aliphatic heterocycles. The van der Waals surface area contributed by atoms with Crippen LogP contribution in [0, 0.1) is 0 Å². The Balaban J connectivity index is 2.71. The fraction of sp³-hybridized carbons (Fsp3) is 0.333. The zero-order chi connectivity index (χ0) is 9.14. The van der Waals surface area contributed by atoms with E-state index < -0.39 is 5.91 Å². The second kappa shape index (κ2) is 3.97. The second-order valence-corrected chi connectivity index (χ2v) is 4.00. The molecule has 4 N–H and O–H groups in total. The van der Waals surface area contributed by atoms with E-state index in [0.29, 0.717) is 0 Å². The van der Waals surface area contributed by atoms with Crippen LogP contribution in [0.5, 0.6) is 0 Å². The minimum atomic E-state index is -0.400. The fourth-order valence-electron chi connectivity index (χ4n) is 0.791. The minimum absolute atomic E-state index is 0.154. The highest BCUT2D eigenvalue weighted by molar-refractivity contribution is 9.10. The Morgan fingerprint density at radius 3 is 2.92 bits per heavy atom. The van der Waals surface area contributed by atoms with Crippen LogP contribution >= 0.6 is 27.5 Å². The summed E-state index contributed by atoms with van der Waals surface area (Å²) in [4.78, 5) is 11.4. The molecule has 0 aliphatic carbocycles. The Morgan fingerprint density at radius 1 is 1.83 bits per heavy atom. The van der Waals surface area contributed by atoms with E-state index in [1.54, 1.807) is 6.20 Å². The van der Waals surface area contributed by atoms with E-state index in [2.05, 4.69) is 20.3 Å². The number of halogens is 1. The lowest BCUT2D eigenvalue weighted by Gasteiger charge is -2.05. The first-order chi connectivity index (χ1) is 5.61. The molecule has 0 saturated carbocycles. The normalized spacial score (nSPS) is 12.8. The zero-order valence-electron chi connectivity index (χ0n) is 6.16. The molecule has 6 heteroatoms. The molecule has 1 aromatic rings. The molecule has 66 valence electrons. The molecule has 0 spiro atoms. The summed E-state index contributed by atoms with van der Waals surface area (Å²) >= 11 is 4.54. The van der Waals surface area contributed by atoms with Crippen LogP contribution in [-0.2, 0) is 4.79 Å². The van der Waals surface area contributed by atoms with Crippen LogP contribution in [0.3, 0.4) is 0 Å². The third-order valence-electron chi connectivity index (χ3n) is 1.31. The summed E-state index contributed by atoms with van der Waals surface area (Å²) < 4.78 is 4.75. The van der Waals surface area contributed by atoms with Crippen molar-refractivity contribution in [1.82, 2.24) is 4.37 Å². The number of primary amides is 1. The van der Waals surface area contributed by atoms with Crippen LogP contribution < -0.4 is 11.5 Å². The zero-order valence-corrected chi connectivity index (χ0v) is 8.56. The van der Waals surface area contributed by atoms with Crippen molar-refractivity contribution in [2.45, 2.75) is 12.5 Å². The van der Waals surface area contributed by atoms with Crippen molar-refractivity contribution >= 4 is 33.4 Å². The lowest BCUT2D eigenvalue weighted by molar-refractivity contribution is -0.118. The SMILES string of the molecule is NC(=O)C[C@@H](N)c1sncc1Br. The molecule has 0 unspecified atom stereocenters. The van der Waals surface area contributed by atoms with Gasteiger partial charge in [0, 0.05) is 6.42 Å². The number of nitrogens with two attached hydrogens (primary N) is 2. The highest BCUT2D eigenvalue weighted by Crippen LogP contribution is 2.26. The van der Waals surface area contributed by atoms with Crippen molar-refractivity contribution in [1.29, 1.82) is 0 Å². The van der Waals surface area contributed by atoms with Gasteiger partial charge < -0.3 is 11.5 Å². The quantitative estimate of drug-likeness (QED) is 0.831. The van der Waals surface area contributed by atoms with Crippen LogP contribution in [0.25, 0.3) is 0 Å². The molecule has 0 fully saturated rings. The van der Waals surface area contributed by atoms with Crippen molar-refractivity contribution < 1.29 is 4.79 Å². The van der Waals surface area contributed by atoms with Gasteiger partial charge in [0.1, 0.15) is 0 Å². The summed E-state index contributed by atoms with van der Waals surface area (Å²) in [5.74, 6) is -0.400. The summed E-state index contributed by atoms with van der Waals surface area (Å²) in [6, 6.07) is -0.343. The Labute approximate surface area is 82.2 Å². The Kier molecular flexibility index (Phi) is 3.19. The van der Waals surface area contributed by atoms with E-state index in [9.17, 15) is 4.79 Å². The van der Waals surface area contributed by atoms with E-state index >= 15 is 0 Å². The van der Waals surface area contributed by atoms with Gasteiger partial charge in [-0.3, -0.25) is 4.79 Å². The topological polar surface area (TPSA) is 82.0 Å². The van der Waals surface area contributed by atoms with E-state index in [1.165, 1.54) is 11.5 Å². The highest BCUT2D eigenvalue weighted by atomic mass is 79.9. The number of amides is 1. The molecule has 1 atom stereocenters. The molecule has 0 aliphatic rings. The molecule has 1 aromatic heterocycles. The summed E-state index contributed by atoms with van der Waals surface area (Å²) in [6.45, 7) is 0. The average molecular weight is 250 g/mol. The van der Waals surface area contributed by atoms with Crippen LogP contribution in [0.15, 0.2) is 10.7 Å². The van der Waals surface area contributed by atoms with Gasteiger partial charge >= 0.3 is 0 Å². The lowest BCUT2D eigenvalue weighted by Crippen LogP contribution is -2.20. The number of carbonyl (C=O) groups is 1. The third-order valence-corrected chi connectivity index (χ3v) is 3.13. The van der Waals surface area contributed by atoms with Gasteiger partial charge in [-0.25, -0.2) is 0 Å². The van der Waals surface area contributed by atoms with Crippen LogP contribution in [0.4, 0.5) is 0 Å². The van der Waals surface area contributed by atoms with Crippen molar-refractivity contribution in [2.24, 2.45) is 11.5 Å². The third kappa shape index (κ3) is 2.26. The van der Waals surface area contributed by atoms with Crippen LogP contribution in [-0.4, -0.2) is 10.3 Å². The number of rotatable bonds is 3. The Hall–Kier alpha value is -0.460. The van der Waals surface area contributed by atoms with Gasteiger partial charge in [0.15, 0.2) is 0 Å². The molecule has 0 saturated heterocycles. The molecule has 12 heavy (non-hydrogen) atoms. The largest absolute Gasteiger partial charge is 0.370 e. The molecule has 1 heterocycles. The smallest absolute Gasteiger partial charge is 0.219 e. The standard InChI is InChI=1S/C6H8BrN3OS/c7-3-2-10-12-6(3)4(8)1-5(9)11/h2,4H,1,8H2,(H2,9,11)/t4-/m1/s1. The monoisotopic (exact) mass is 249 g/mol. The number of nitrogens with zero attached hydrogens (tertiary/aromatic N) is 1. The highest BCUT2D eigenvalue weighted by Gasteiger charge is 2.14. The van der Waals surface area contributed by atoms with Gasteiger partial charge in [-0.15, -0.1) is 0 Å². The Morgan fingerprint density at radius 2 is 2.50 bits per heavy atom. The summed E-state index contributed by atoms with van der Waals surface area (Å²) in [7, 11) is 0. The predicted molar refractivity (Wildman–Crippen MR) is 50.6 cm³/mol. The number of hydrogen-bond donors (Lipinski definition) is 2. The second-order valence-electron chi connectivity index (χ2n) is 2.31. The first-order valence-corrected chi connectivity index (χ1v) is 4.82. The van der Waals surface area contributed by atoms with E-state index in [0.717, 1.165) is 9.35 Å². The molecule has 0 aromatic carbocycles. The maximum Gasteiger partial charge on any atom is 0.219 e. The van der Waals surface area contributed by atoms with Gasteiger partial charge in [0.2, 0.25) is 5.91 Å². The minimum Gasteiger partial charge on any atom is -0.370 e. The van der Waals surface area contributed by atoms with Gasteiger partial charge in [-0.2, -0.15) is 4.37 Å². The molecule has 1 rings (SSSR count). The van der Waals surface area contributed by atoms with Gasteiger partial charge in [-0.05, 0) is 27.5 Å². The average Bonchev–Trinajstić information content (AvgIpc) is 2.33. The summed E-state index contributed by atoms with van der Waals surface area (Å²) in [5.41, 5.74) is 10.7. The van der Waals surface area contributed by atoms with E-state index in [4.69, 9.17) is 11.5 Å². The van der Waals surface area contributed by atoms with Crippen molar-refractivity contribution in [2.75, 3.05) is 0 Å². The maximum atomic E-state index is 10.5. The lowest BCUT2D eigenvalue weighted by atomic mass is 10.2. The van der Waals surface area contributed by atoms with E-state index in [-0.39, 0.29) is 12.5 Å². The molecule has 0 radical (unpaired) electrons. The van der Waals surface area contributed by atoms with Crippen LogP contribution in [0.1, 0.15) is 17.3 Å². The molecule has 4 nitrogen and oxygen atoms in total. The molecular formula is C6H8BrN3OS. The van der Waals surface area contributed by atoms with Gasteiger partial charge in [-0.1, -0.05) is 0 Å². The first kappa shape index (κ1) is 9.63. The predicted octanol–water partition coefficient (Wildman–Crippen LogP) is 0.781. The molecular weight excluding hydrogens is 242 g/mol. The van der Waals surface area contributed by atoms with Gasteiger partial charge in [0.05, 0.1) is 21.6 Å². The summed E-state index contributed by atoms with van der Waals surface area (Å²) in [5, 5.41) is 0. The van der Waals surface area contributed by atoms with Crippen LogP contribution in [0.2, 0.25) is 0 Å². The number of aromatic nitrogens is 1. The number of hydrogen-bond acceptors (Lipinski definition) is 4. The first-order valence-electron chi connectivity index (χ1n) is 3.25.